The summed E-state index contributed by atoms with van der Waals surface area (Å²) >= 11 is 0. The number of hydrogen-bond donors (Lipinski definition) is 3. The number of aryl methyl sites for hydroxylation is 2. The van der Waals surface area contributed by atoms with Crippen LogP contribution >= 0.6 is 0 Å². The highest BCUT2D eigenvalue weighted by molar-refractivity contribution is 7.92. The highest BCUT2D eigenvalue weighted by Gasteiger charge is 2.23. The Morgan fingerprint density at radius 3 is 2.17 bits per heavy atom. The molecule has 4 N–H and O–H groups in total. The largest absolute Gasteiger partial charge is 0.449 e. The van der Waals surface area contributed by atoms with Crippen molar-refractivity contribution >= 4 is 39.2 Å². The van der Waals surface area contributed by atoms with Crippen molar-refractivity contribution < 1.29 is 27.5 Å². The van der Waals surface area contributed by atoms with Gasteiger partial charge in [-0.25, -0.2) is 13.2 Å². The topological polar surface area (TPSA) is 145 Å². The van der Waals surface area contributed by atoms with Crippen molar-refractivity contribution in [2.24, 2.45) is 5.73 Å². The Morgan fingerprint density at radius 2 is 1.54 bits per heavy atom. The maximum atomic E-state index is 13.0. The standard InChI is InChI=1S/C25H25N3O6S/c1-15-5-4-6-21(13-15)28-35(32,33)22-14-19(8-7-16(22)2)25(31)34-17(3)24(30)27-20-11-9-18(10-12-20)23(26)29/h4-14,17,28H,1-3H3,(H2,26,29)(H,27,30). The van der Waals surface area contributed by atoms with Crippen molar-refractivity contribution in [3.63, 3.8) is 0 Å². The van der Waals surface area contributed by atoms with Crippen molar-refractivity contribution in [1.82, 2.24) is 0 Å². The van der Waals surface area contributed by atoms with Crippen LogP contribution in [0.15, 0.2) is 71.6 Å². The Balaban J connectivity index is 1.71. The predicted molar refractivity (Wildman–Crippen MR) is 132 cm³/mol. The van der Waals surface area contributed by atoms with E-state index in [9.17, 15) is 22.8 Å². The van der Waals surface area contributed by atoms with E-state index in [-0.39, 0.29) is 16.0 Å². The van der Waals surface area contributed by atoms with E-state index in [4.69, 9.17) is 10.5 Å². The lowest BCUT2D eigenvalue weighted by atomic mass is 10.1. The van der Waals surface area contributed by atoms with Gasteiger partial charge in [-0.15, -0.1) is 0 Å². The molecule has 0 fully saturated rings. The van der Waals surface area contributed by atoms with E-state index in [0.717, 1.165) is 5.56 Å². The molecule has 10 heteroatoms. The van der Waals surface area contributed by atoms with Gasteiger partial charge in [-0.1, -0.05) is 18.2 Å². The van der Waals surface area contributed by atoms with Crippen LogP contribution in [-0.4, -0.2) is 32.3 Å². The summed E-state index contributed by atoms with van der Waals surface area (Å²) in [6, 6.07) is 16.9. The summed E-state index contributed by atoms with van der Waals surface area (Å²) in [5.41, 5.74) is 7.55. The summed E-state index contributed by atoms with van der Waals surface area (Å²) in [4.78, 5) is 36.1. The van der Waals surface area contributed by atoms with Gasteiger partial charge in [0.1, 0.15) is 0 Å². The summed E-state index contributed by atoms with van der Waals surface area (Å²) in [6.45, 7) is 4.84. The molecule has 0 heterocycles. The molecule has 3 aromatic rings. The van der Waals surface area contributed by atoms with E-state index in [0.29, 0.717) is 16.9 Å². The fourth-order valence-electron chi connectivity index (χ4n) is 3.18. The molecule has 0 radical (unpaired) electrons. The Labute approximate surface area is 203 Å². The van der Waals surface area contributed by atoms with Crippen molar-refractivity contribution in [3.05, 3.63) is 89.0 Å². The quantitative estimate of drug-likeness (QED) is 0.409. The van der Waals surface area contributed by atoms with E-state index >= 15 is 0 Å². The van der Waals surface area contributed by atoms with E-state index in [1.54, 1.807) is 25.1 Å². The summed E-state index contributed by atoms with van der Waals surface area (Å²) in [5, 5.41) is 2.57. The first-order chi connectivity index (χ1) is 16.5. The minimum Gasteiger partial charge on any atom is -0.449 e. The zero-order chi connectivity index (χ0) is 25.8. The average Bonchev–Trinajstić information content (AvgIpc) is 2.79. The van der Waals surface area contributed by atoms with Crippen LogP contribution in [0.25, 0.3) is 0 Å². The van der Waals surface area contributed by atoms with Crippen molar-refractivity contribution in [3.8, 4) is 0 Å². The van der Waals surface area contributed by atoms with Gasteiger partial charge in [0.2, 0.25) is 5.91 Å². The van der Waals surface area contributed by atoms with Gasteiger partial charge >= 0.3 is 5.97 Å². The number of nitrogens with two attached hydrogens (primary N) is 1. The van der Waals surface area contributed by atoms with Gasteiger partial charge in [-0.05, 0) is 80.4 Å². The van der Waals surface area contributed by atoms with Crippen molar-refractivity contribution in [2.45, 2.75) is 31.8 Å². The zero-order valence-corrected chi connectivity index (χ0v) is 20.2. The zero-order valence-electron chi connectivity index (χ0n) is 19.4. The maximum absolute atomic E-state index is 13.0. The van der Waals surface area contributed by atoms with Crippen LogP contribution in [0.3, 0.4) is 0 Å². The normalized spacial score (nSPS) is 11.9. The number of anilines is 2. The van der Waals surface area contributed by atoms with Crippen LogP contribution in [0.2, 0.25) is 0 Å². The van der Waals surface area contributed by atoms with E-state index < -0.39 is 33.9 Å². The lowest BCUT2D eigenvalue weighted by Crippen LogP contribution is -2.30. The molecule has 3 rings (SSSR count). The second kappa shape index (κ2) is 10.4. The number of nitrogens with one attached hydrogen (secondary N) is 2. The molecule has 0 aliphatic heterocycles. The number of ether oxygens (including phenoxy) is 1. The van der Waals surface area contributed by atoms with Gasteiger partial charge in [0.15, 0.2) is 6.10 Å². The Hall–Kier alpha value is -4.18. The number of hydrogen-bond acceptors (Lipinski definition) is 6. The van der Waals surface area contributed by atoms with E-state index in [2.05, 4.69) is 10.0 Å². The van der Waals surface area contributed by atoms with Gasteiger partial charge in [0, 0.05) is 16.9 Å². The lowest BCUT2D eigenvalue weighted by molar-refractivity contribution is -0.123. The number of carbonyl (C=O) groups is 3. The van der Waals surface area contributed by atoms with Crippen LogP contribution in [0.5, 0.6) is 0 Å². The second-order valence-corrected chi connectivity index (χ2v) is 9.58. The van der Waals surface area contributed by atoms with Gasteiger partial charge < -0.3 is 15.8 Å². The molecule has 9 nitrogen and oxygen atoms in total. The fourth-order valence-corrected chi connectivity index (χ4v) is 4.50. The molecular weight excluding hydrogens is 470 g/mol. The van der Waals surface area contributed by atoms with Crippen LogP contribution in [0.4, 0.5) is 11.4 Å². The minimum atomic E-state index is -3.98. The maximum Gasteiger partial charge on any atom is 0.338 e. The molecule has 0 aliphatic rings. The number of amides is 2. The van der Waals surface area contributed by atoms with Crippen molar-refractivity contribution in [2.75, 3.05) is 10.0 Å². The third kappa shape index (κ3) is 6.45. The SMILES string of the molecule is Cc1cccc(NS(=O)(=O)c2cc(C(=O)OC(C)C(=O)Nc3ccc(C(N)=O)cc3)ccc2C)c1. The molecule has 0 aliphatic carbocycles. The smallest absolute Gasteiger partial charge is 0.338 e. The molecule has 0 aromatic heterocycles. The van der Waals surface area contributed by atoms with Crippen molar-refractivity contribution in [1.29, 1.82) is 0 Å². The first-order valence-corrected chi connectivity index (χ1v) is 12.1. The molecule has 0 spiro atoms. The average molecular weight is 496 g/mol. The highest BCUT2D eigenvalue weighted by atomic mass is 32.2. The Bertz CT molecular complexity index is 1380. The number of esters is 1. The highest BCUT2D eigenvalue weighted by Crippen LogP contribution is 2.22. The third-order valence-corrected chi connectivity index (χ3v) is 6.60. The van der Waals surface area contributed by atoms with Gasteiger partial charge in [-0.3, -0.25) is 14.3 Å². The molecule has 3 aromatic carbocycles. The van der Waals surface area contributed by atoms with Crippen LogP contribution in [0.1, 0.15) is 38.8 Å². The molecule has 2 amide bonds. The molecule has 1 atom stereocenters. The third-order valence-electron chi connectivity index (χ3n) is 5.07. The number of carbonyl (C=O) groups excluding carboxylic acids is 3. The summed E-state index contributed by atoms with van der Waals surface area (Å²) in [5.74, 6) is -2.06. The Kier molecular flexibility index (Phi) is 7.55. The monoisotopic (exact) mass is 495 g/mol. The first kappa shape index (κ1) is 25.4. The molecule has 1 unspecified atom stereocenters. The van der Waals surface area contributed by atoms with Crippen LogP contribution in [0, 0.1) is 13.8 Å². The predicted octanol–water partition coefficient (Wildman–Crippen LogP) is 3.39. The number of benzene rings is 3. The van der Waals surface area contributed by atoms with Gasteiger partial charge in [0.25, 0.3) is 15.9 Å². The lowest BCUT2D eigenvalue weighted by Gasteiger charge is -2.15. The minimum absolute atomic E-state index is 0.0225. The second-order valence-electron chi connectivity index (χ2n) is 7.93. The van der Waals surface area contributed by atoms with Crippen LogP contribution in [-0.2, 0) is 19.6 Å². The Morgan fingerprint density at radius 1 is 0.886 bits per heavy atom. The molecule has 0 saturated heterocycles. The van der Waals surface area contributed by atoms with E-state index in [1.165, 1.54) is 49.4 Å². The summed E-state index contributed by atoms with van der Waals surface area (Å²) in [7, 11) is -3.98. The number of sulfonamides is 1. The molecular formula is C25H25N3O6S. The summed E-state index contributed by atoms with van der Waals surface area (Å²) in [6.07, 6.45) is -1.18. The summed E-state index contributed by atoms with van der Waals surface area (Å²) < 4.78 is 33.6. The fraction of sp³-hybridized carbons (Fsp3) is 0.160. The van der Waals surface area contributed by atoms with Crippen LogP contribution < -0.4 is 15.8 Å². The van der Waals surface area contributed by atoms with Gasteiger partial charge in [0.05, 0.1) is 10.5 Å². The number of primary amides is 1. The van der Waals surface area contributed by atoms with Gasteiger partial charge in [-0.2, -0.15) is 0 Å². The first-order valence-electron chi connectivity index (χ1n) is 10.6. The molecule has 35 heavy (non-hydrogen) atoms. The molecule has 0 saturated carbocycles. The molecule has 0 bridgehead atoms. The molecule has 182 valence electrons. The van der Waals surface area contributed by atoms with E-state index in [1.807, 2.05) is 13.0 Å². The number of rotatable bonds is 8.